The first-order chi connectivity index (χ1) is 13.0. The quantitative estimate of drug-likeness (QED) is 0.864. The number of halogens is 1. The smallest absolute Gasteiger partial charge is 0.262 e. The maximum atomic E-state index is 14.3. The molecule has 0 atom stereocenters. The standard InChI is InChI=1S/C19H21FN2O4S/c20-16-6-4-14(22-8-2-1-3-9-22)12-17(16)21-27(23,24)15-5-7-18-19(13-15)26-11-10-25-18/h4-7,12-13,21H,1-3,8-11H2. The number of rotatable bonds is 4. The van der Waals surface area contributed by atoms with Gasteiger partial charge in [-0.25, -0.2) is 12.8 Å². The predicted molar refractivity (Wildman–Crippen MR) is 101 cm³/mol. The van der Waals surface area contributed by atoms with Crippen LogP contribution in [0.25, 0.3) is 0 Å². The molecule has 2 aliphatic rings. The van der Waals surface area contributed by atoms with E-state index in [-0.39, 0.29) is 10.6 Å². The molecule has 144 valence electrons. The number of piperidine rings is 1. The fourth-order valence-corrected chi connectivity index (χ4v) is 4.41. The van der Waals surface area contributed by atoms with E-state index in [4.69, 9.17) is 9.47 Å². The van der Waals surface area contributed by atoms with Crippen LogP contribution in [0.15, 0.2) is 41.3 Å². The summed E-state index contributed by atoms with van der Waals surface area (Å²) in [5.41, 5.74) is 0.754. The Balaban J connectivity index is 1.60. The molecular formula is C19H21FN2O4S. The van der Waals surface area contributed by atoms with Gasteiger partial charge in [-0.3, -0.25) is 4.72 Å². The number of fused-ring (bicyclic) bond motifs is 1. The Morgan fingerprint density at radius 1 is 0.926 bits per heavy atom. The van der Waals surface area contributed by atoms with Crippen LogP contribution < -0.4 is 19.1 Å². The van der Waals surface area contributed by atoms with Gasteiger partial charge in [0.25, 0.3) is 10.0 Å². The molecule has 8 heteroatoms. The summed E-state index contributed by atoms with van der Waals surface area (Å²) < 4.78 is 52.9. The minimum Gasteiger partial charge on any atom is -0.486 e. The van der Waals surface area contributed by atoms with Crippen LogP contribution in [0.4, 0.5) is 15.8 Å². The van der Waals surface area contributed by atoms with Crippen molar-refractivity contribution in [2.45, 2.75) is 24.2 Å². The third-order valence-corrected chi connectivity index (χ3v) is 6.10. The van der Waals surface area contributed by atoms with Gasteiger partial charge in [0, 0.05) is 24.8 Å². The predicted octanol–water partition coefficient (Wildman–Crippen LogP) is 3.39. The fraction of sp³-hybridized carbons (Fsp3) is 0.368. The van der Waals surface area contributed by atoms with Crippen molar-refractivity contribution in [1.29, 1.82) is 0 Å². The fourth-order valence-electron chi connectivity index (χ4n) is 3.33. The average molecular weight is 392 g/mol. The molecule has 2 aromatic carbocycles. The number of anilines is 2. The summed E-state index contributed by atoms with van der Waals surface area (Å²) in [7, 11) is -3.96. The Bertz CT molecular complexity index is 943. The Kier molecular flexibility index (Phi) is 4.82. The van der Waals surface area contributed by atoms with Crippen LogP contribution in [0.5, 0.6) is 11.5 Å². The van der Waals surface area contributed by atoms with Gasteiger partial charge in [0.15, 0.2) is 11.5 Å². The van der Waals surface area contributed by atoms with Crippen molar-refractivity contribution in [1.82, 2.24) is 0 Å². The maximum absolute atomic E-state index is 14.3. The average Bonchev–Trinajstić information content (AvgIpc) is 2.70. The highest BCUT2D eigenvalue weighted by molar-refractivity contribution is 7.92. The lowest BCUT2D eigenvalue weighted by Gasteiger charge is -2.29. The van der Waals surface area contributed by atoms with E-state index in [9.17, 15) is 12.8 Å². The molecule has 2 aliphatic heterocycles. The second kappa shape index (κ2) is 7.26. The number of sulfonamides is 1. The number of ether oxygens (including phenoxy) is 2. The van der Waals surface area contributed by atoms with Crippen molar-refractivity contribution in [3.8, 4) is 11.5 Å². The van der Waals surface area contributed by atoms with E-state index in [1.807, 2.05) is 0 Å². The molecule has 6 nitrogen and oxygen atoms in total. The molecule has 0 amide bonds. The summed E-state index contributed by atoms with van der Waals surface area (Å²) in [6.07, 6.45) is 3.34. The minimum absolute atomic E-state index is 0.00507. The monoisotopic (exact) mass is 392 g/mol. The summed E-state index contributed by atoms with van der Waals surface area (Å²) in [6, 6.07) is 8.89. The first kappa shape index (κ1) is 17.9. The van der Waals surface area contributed by atoms with Crippen molar-refractivity contribution in [2.75, 3.05) is 35.9 Å². The van der Waals surface area contributed by atoms with Crippen molar-refractivity contribution in [2.24, 2.45) is 0 Å². The van der Waals surface area contributed by atoms with E-state index < -0.39 is 15.8 Å². The second-order valence-electron chi connectivity index (χ2n) is 6.62. The normalized spacial score (nSPS) is 16.9. The number of nitrogens with zero attached hydrogens (tertiary/aromatic N) is 1. The molecule has 0 aliphatic carbocycles. The molecule has 2 aromatic rings. The molecule has 2 heterocycles. The summed E-state index contributed by atoms with van der Waals surface area (Å²) >= 11 is 0. The van der Waals surface area contributed by atoms with Gasteiger partial charge >= 0.3 is 0 Å². The highest BCUT2D eigenvalue weighted by Crippen LogP contribution is 2.33. The molecule has 0 saturated carbocycles. The number of benzene rings is 2. The first-order valence-corrected chi connectivity index (χ1v) is 10.5. The van der Waals surface area contributed by atoms with Gasteiger partial charge in [-0.05, 0) is 49.6 Å². The summed E-state index contributed by atoms with van der Waals surface area (Å²) in [5.74, 6) is 0.252. The van der Waals surface area contributed by atoms with Crippen LogP contribution in [-0.4, -0.2) is 34.7 Å². The van der Waals surface area contributed by atoms with Crippen molar-refractivity contribution >= 4 is 21.4 Å². The highest BCUT2D eigenvalue weighted by atomic mass is 32.2. The van der Waals surface area contributed by atoms with Crippen LogP contribution in [0.1, 0.15) is 19.3 Å². The van der Waals surface area contributed by atoms with Crippen LogP contribution in [0.2, 0.25) is 0 Å². The molecule has 0 aromatic heterocycles. The van der Waals surface area contributed by atoms with E-state index in [1.54, 1.807) is 18.2 Å². The van der Waals surface area contributed by atoms with Gasteiger partial charge in [-0.15, -0.1) is 0 Å². The molecule has 0 bridgehead atoms. The molecule has 4 rings (SSSR count). The summed E-state index contributed by atoms with van der Waals surface area (Å²) in [4.78, 5) is 2.14. The molecule has 0 unspecified atom stereocenters. The zero-order valence-corrected chi connectivity index (χ0v) is 15.6. The van der Waals surface area contributed by atoms with E-state index >= 15 is 0 Å². The lowest BCUT2D eigenvalue weighted by Crippen LogP contribution is -2.29. The van der Waals surface area contributed by atoms with Crippen LogP contribution in [0, 0.1) is 5.82 Å². The second-order valence-corrected chi connectivity index (χ2v) is 8.31. The van der Waals surface area contributed by atoms with Crippen molar-refractivity contribution in [3.05, 3.63) is 42.2 Å². The van der Waals surface area contributed by atoms with Gasteiger partial charge < -0.3 is 14.4 Å². The highest BCUT2D eigenvalue weighted by Gasteiger charge is 2.21. The number of hydrogen-bond acceptors (Lipinski definition) is 5. The SMILES string of the molecule is O=S(=O)(Nc1cc(N2CCCCC2)ccc1F)c1ccc2c(c1)OCCO2. The Labute approximate surface area is 157 Å². The number of hydrogen-bond donors (Lipinski definition) is 1. The molecular weight excluding hydrogens is 371 g/mol. The molecule has 1 N–H and O–H groups in total. The summed E-state index contributed by atoms with van der Waals surface area (Å²) in [5, 5.41) is 0. The van der Waals surface area contributed by atoms with Crippen molar-refractivity contribution < 1.29 is 22.3 Å². The van der Waals surface area contributed by atoms with Crippen LogP contribution in [-0.2, 0) is 10.0 Å². The van der Waals surface area contributed by atoms with Crippen LogP contribution >= 0.6 is 0 Å². The van der Waals surface area contributed by atoms with Gasteiger partial charge in [-0.2, -0.15) is 0 Å². The van der Waals surface area contributed by atoms with E-state index in [0.717, 1.165) is 31.6 Å². The Morgan fingerprint density at radius 3 is 2.44 bits per heavy atom. The lowest BCUT2D eigenvalue weighted by molar-refractivity contribution is 0.171. The van der Waals surface area contributed by atoms with Crippen molar-refractivity contribution in [3.63, 3.8) is 0 Å². The first-order valence-electron chi connectivity index (χ1n) is 9.00. The zero-order valence-electron chi connectivity index (χ0n) is 14.8. The lowest BCUT2D eigenvalue weighted by atomic mass is 10.1. The van der Waals surface area contributed by atoms with Gasteiger partial charge in [0.05, 0.1) is 10.6 Å². The van der Waals surface area contributed by atoms with Gasteiger partial charge in [-0.1, -0.05) is 0 Å². The third-order valence-electron chi connectivity index (χ3n) is 4.74. The molecule has 1 fully saturated rings. The third kappa shape index (κ3) is 3.80. The van der Waals surface area contributed by atoms with Gasteiger partial charge in [0.2, 0.25) is 0 Å². The number of nitrogens with one attached hydrogen (secondary N) is 1. The summed E-state index contributed by atoms with van der Waals surface area (Å²) in [6.45, 7) is 2.56. The van der Waals surface area contributed by atoms with E-state index in [2.05, 4.69) is 9.62 Å². The van der Waals surface area contributed by atoms with Crippen LogP contribution in [0.3, 0.4) is 0 Å². The van der Waals surface area contributed by atoms with Gasteiger partial charge in [0.1, 0.15) is 19.0 Å². The van der Waals surface area contributed by atoms with E-state index in [1.165, 1.54) is 24.6 Å². The molecule has 0 spiro atoms. The minimum atomic E-state index is -3.96. The molecule has 0 radical (unpaired) electrons. The Hall–Kier alpha value is -2.48. The zero-order chi connectivity index (χ0) is 18.9. The topological polar surface area (TPSA) is 67.9 Å². The molecule has 27 heavy (non-hydrogen) atoms. The van der Waals surface area contributed by atoms with E-state index in [0.29, 0.717) is 24.7 Å². The Morgan fingerprint density at radius 2 is 1.67 bits per heavy atom. The largest absolute Gasteiger partial charge is 0.486 e. The maximum Gasteiger partial charge on any atom is 0.262 e. The molecule has 1 saturated heterocycles.